The monoisotopic (exact) mass is 439 g/mol. The van der Waals surface area contributed by atoms with Gasteiger partial charge in [0.05, 0.1) is 11.7 Å². The number of rotatable bonds is 5. The van der Waals surface area contributed by atoms with E-state index in [0.717, 1.165) is 0 Å². The van der Waals surface area contributed by atoms with Crippen molar-refractivity contribution in [2.24, 2.45) is 5.92 Å². The molecule has 1 aliphatic heterocycles. The summed E-state index contributed by atoms with van der Waals surface area (Å²) in [5.74, 6) is 0.158. The molecule has 2 aromatic rings. The van der Waals surface area contributed by atoms with Gasteiger partial charge in [-0.1, -0.05) is 30.3 Å². The number of ether oxygens (including phenoxy) is 3. The Morgan fingerprint density at radius 1 is 1.10 bits per heavy atom. The van der Waals surface area contributed by atoms with E-state index in [0.29, 0.717) is 29.0 Å². The summed E-state index contributed by atoms with van der Waals surface area (Å²) < 4.78 is 77.1. The lowest BCUT2D eigenvalue weighted by Gasteiger charge is -2.33. The van der Waals surface area contributed by atoms with E-state index in [2.05, 4.69) is 14.8 Å². The predicted octanol–water partition coefficient (Wildman–Crippen LogP) is 6.12. The second-order valence-electron chi connectivity index (χ2n) is 7.07. The first-order valence-corrected chi connectivity index (χ1v) is 9.50. The van der Waals surface area contributed by atoms with Gasteiger partial charge in [-0.25, -0.2) is 0 Å². The molecule has 4 rings (SSSR count). The SMILES string of the molecule is FC(F)OC1=C[C@@H](C2COc3c(cccc3-c3cccc(OC(F)(F)F)c3)N2)CC=C1. The smallest absolute Gasteiger partial charge is 0.489 e. The maximum Gasteiger partial charge on any atom is 0.573 e. The van der Waals surface area contributed by atoms with Crippen LogP contribution in [-0.4, -0.2) is 25.6 Å². The molecule has 2 aromatic carbocycles. The molecule has 0 saturated heterocycles. The third-order valence-corrected chi connectivity index (χ3v) is 4.95. The molecule has 0 amide bonds. The number of anilines is 1. The second kappa shape index (κ2) is 8.49. The van der Waals surface area contributed by atoms with E-state index in [9.17, 15) is 22.0 Å². The normalized spacial score (nSPS) is 20.4. The fourth-order valence-electron chi connectivity index (χ4n) is 3.68. The summed E-state index contributed by atoms with van der Waals surface area (Å²) in [4.78, 5) is 0. The van der Waals surface area contributed by atoms with Crippen LogP contribution in [0.1, 0.15) is 6.42 Å². The average Bonchev–Trinajstić information content (AvgIpc) is 2.71. The van der Waals surface area contributed by atoms with Gasteiger partial charge < -0.3 is 19.5 Å². The van der Waals surface area contributed by atoms with E-state index in [1.54, 1.807) is 36.4 Å². The van der Waals surface area contributed by atoms with Crippen LogP contribution in [0.2, 0.25) is 0 Å². The molecule has 4 nitrogen and oxygen atoms in total. The van der Waals surface area contributed by atoms with Crippen molar-refractivity contribution in [3.05, 3.63) is 66.5 Å². The maximum atomic E-state index is 12.5. The number of nitrogens with one attached hydrogen (secondary N) is 1. The van der Waals surface area contributed by atoms with E-state index in [1.807, 2.05) is 0 Å². The van der Waals surface area contributed by atoms with Crippen LogP contribution in [0.4, 0.5) is 27.6 Å². The van der Waals surface area contributed by atoms with Crippen molar-refractivity contribution >= 4 is 5.69 Å². The van der Waals surface area contributed by atoms with E-state index >= 15 is 0 Å². The summed E-state index contributed by atoms with van der Waals surface area (Å²) >= 11 is 0. The number of para-hydroxylation sites is 1. The number of benzene rings is 2. The molecule has 1 aliphatic carbocycles. The molecule has 2 atom stereocenters. The molecule has 1 heterocycles. The van der Waals surface area contributed by atoms with Gasteiger partial charge in [0, 0.05) is 11.5 Å². The van der Waals surface area contributed by atoms with Crippen LogP contribution in [0.3, 0.4) is 0 Å². The zero-order valence-electron chi connectivity index (χ0n) is 16.0. The molecule has 1 N–H and O–H groups in total. The van der Waals surface area contributed by atoms with Crippen molar-refractivity contribution in [3.8, 4) is 22.6 Å². The summed E-state index contributed by atoms with van der Waals surface area (Å²) in [6.45, 7) is -2.65. The van der Waals surface area contributed by atoms with Gasteiger partial charge in [-0.15, -0.1) is 13.2 Å². The van der Waals surface area contributed by atoms with Crippen LogP contribution >= 0.6 is 0 Å². The van der Waals surface area contributed by atoms with Crippen molar-refractivity contribution in [2.75, 3.05) is 11.9 Å². The van der Waals surface area contributed by atoms with Gasteiger partial charge in [-0.3, -0.25) is 0 Å². The van der Waals surface area contributed by atoms with Crippen LogP contribution in [0.15, 0.2) is 66.5 Å². The van der Waals surface area contributed by atoms with E-state index in [4.69, 9.17) is 4.74 Å². The second-order valence-corrected chi connectivity index (χ2v) is 7.07. The fraction of sp³-hybridized carbons (Fsp3) is 0.273. The zero-order chi connectivity index (χ0) is 22.0. The molecule has 0 fully saturated rings. The molecule has 0 saturated carbocycles. The molecule has 164 valence electrons. The molecule has 0 bridgehead atoms. The van der Waals surface area contributed by atoms with Crippen LogP contribution in [0, 0.1) is 5.92 Å². The number of hydrogen-bond acceptors (Lipinski definition) is 4. The molecule has 9 heteroatoms. The topological polar surface area (TPSA) is 39.7 Å². The molecule has 2 aliphatic rings. The lowest BCUT2D eigenvalue weighted by atomic mass is 9.91. The van der Waals surface area contributed by atoms with E-state index < -0.39 is 13.0 Å². The van der Waals surface area contributed by atoms with Gasteiger partial charge in [0.1, 0.15) is 23.9 Å². The molecular weight excluding hydrogens is 421 g/mol. The number of fused-ring (bicyclic) bond motifs is 1. The Bertz CT molecular complexity index is 1000. The minimum absolute atomic E-state index is 0.106. The third-order valence-electron chi connectivity index (χ3n) is 4.95. The van der Waals surface area contributed by atoms with Gasteiger partial charge in [-0.2, -0.15) is 8.78 Å². The van der Waals surface area contributed by atoms with Crippen molar-refractivity contribution in [3.63, 3.8) is 0 Å². The standard InChI is InChI=1S/C22H18F5NO3/c23-21(24)30-15-6-2-5-14(11-15)19-12-29-20-17(8-3-9-18(20)28-19)13-4-1-7-16(10-13)31-22(25,26)27/h1-4,6-11,14,19,21,28H,5,12H2/t14-,19?/m0/s1. The number of hydrogen-bond donors (Lipinski definition) is 1. The molecule has 31 heavy (non-hydrogen) atoms. The van der Waals surface area contributed by atoms with Crippen molar-refractivity contribution in [1.82, 2.24) is 0 Å². The molecule has 0 aromatic heterocycles. The largest absolute Gasteiger partial charge is 0.573 e. The highest BCUT2D eigenvalue weighted by atomic mass is 19.4. The summed E-state index contributed by atoms with van der Waals surface area (Å²) in [5, 5.41) is 3.35. The van der Waals surface area contributed by atoms with E-state index in [1.165, 1.54) is 24.3 Å². The Balaban J connectivity index is 1.55. The number of alkyl halides is 5. The summed E-state index contributed by atoms with van der Waals surface area (Å²) in [6.07, 6.45) is 0.758. The van der Waals surface area contributed by atoms with Crippen molar-refractivity contribution in [1.29, 1.82) is 0 Å². The Labute approximate surface area is 174 Å². The first-order valence-electron chi connectivity index (χ1n) is 9.50. The van der Waals surface area contributed by atoms with Gasteiger partial charge in [-0.05, 0) is 42.3 Å². The highest BCUT2D eigenvalue weighted by Gasteiger charge is 2.32. The van der Waals surface area contributed by atoms with Gasteiger partial charge in [0.25, 0.3) is 0 Å². The summed E-state index contributed by atoms with van der Waals surface area (Å²) in [5.41, 5.74) is 1.78. The van der Waals surface area contributed by atoms with Crippen LogP contribution in [0.5, 0.6) is 11.5 Å². The zero-order valence-corrected chi connectivity index (χ0v) is 16.0. The minimum atomic E-state index is -4.78. The Morgan fingerprint density at radius 3 is 2.68 bits per heavy atom. The van der Waals surface area contributed by atoms with Crippen LogP contribution in [0.25, 0.3) is 11.1 Å². The van der Waals surface area contributed by atoms with Gasteiger partial charge >= 0.3 is 13.0 Å². The highest BCUT2D eigenvalue weighted by Crippen LogP contribution is 2.41. The first kappa shape index (κ1) is 21.0. The Kier molecular flexibility index (Phi) is 5.75. The lowest BCUT2D eigenvalue weighted by Crippen LogP contribution is -2.38. The molecule has 1 unspecified atom stereocenters. The predicted molar refractivity (Wildman–Crippen MR) is 104 cm³/mol. The molecule has 0 spiro atoms. The third kappa shape index (κ3) is 5.10. The minimum Gasteiger partial charge on any atom is -0.489 e. The quantitative estimate of drug-likeness (QED) is 0.570. The number of allylic oxidation sites excluding steroid dienone is 2. The average molecular weight is 439 g/mol. The Morgan fingerprint density at radius 2 is 1.90 bits per heavy atom. The molecule has 0 radical (unpaired) electrons. The Hall–Kier alpha value is -3.23. The van der Waals surface area contributed by atoms with Gasteiger partial charge in [0.15, 0.2) is 0 Å². The maximum absolute atomic E-state index is 12.5. The summed E-state index contributed by atoms with van der Waals surface area (Å²) in [7, 11) is 0. The lowest BCUT2D eigenvalue weighted by molar-refractivity contribution is -0.274. The van der Waals surface area contributed by atoms with Crippen molar-refractivity contribution < 1.29 is 36.2 Å². The van der Waals surface area contributed by atoms with Crippen LogP contribution < -0.4 is 14.8 Å². The van der Waals surface area contributed by atoms with Crippen LogP contribution in [-0.2, 0) is 4.74 Å². The van der Waals surface area contributed by atoms with Gasteiger partial charge in [0.2, 0.25) is 0 Å². The first-order chi connectivity index (χ1) is 14.8. The van der Waals surface area contributed by atoms with E-state index in [-0.39, 0.29) is 30.1 Å². The van der Waals surface area contributed by atoms with Crippen molar-refractivity contribution in [2.45, 2.75) is 25.4 Å². The molecular formula is C22H18F5NO3. The highest BCUT2D eigenvalue weighted by molar-refractivity contribution is 5.79. The number of halogens is 5. The fourth-order valence-corrected chi connectivity index (χ4v) is 3.68. The summed E-state index contributed by atoms with van der Waals surface area (Å²) in [6, 6.07) is 10.8.